The molecule has 0 amide bonds. The third-order valence-corrected chi connectivity index (χ3v) is 6.48. The number of benzene rings is 1. The van der Waals surface area contributed by atoms with Crippen LogP contribution in [-0.4, -0.2) is 35.3 Å². The van der Waals surface area contributed by atoms with Crippen molar-refractivity contribution < 1.29 is 0 Å². The fourth-order valence-electron chi connectivity index (χ4n) is 5.18. The molecule has 5 rings (SSSR count). The highest BCUT2D eigenvalue weighted by Gasteiger charge is 2.54. The van der Waals surface area contributed by atoms with E-state index >= 15 is 0 Å². The lowest BCUT2D eigenvalue weighted by Crippen LogP contribution is -2.81. The summed E-state index contributed by atoms with van der Waals surface area (Å²) < 4.78 is 0.604. The van der Waals surface area contributed by atoms with E-state index in [1.165, 1.54) is 11.3 Å². The number of pyridine rings is 3. The first kappa shape index (κ1) is 18.5. The van der Waals surface area contributed by atoms with Crippen LogP contribution < -0.4 is 15.6 Å². The largest absolute Gasteiger partial charge is 0.472 e. The van der Waals surface area contributed by atoms with Crippen LogP contribution in [0.5, 0.6) is 0 Å². The number of aromatic nitrogens is 3. The Hall–Kier alpha value is -3.57. The molecular formula is C25H23BN4. The Morgan fingerprint density at radius 2 is 1.20 bits per heavy atom. The van der Waals surface area contributed by atoms with Crippen LogP contribution in [-0.2, 0) is 0 Å². The summed E-state index contributed by atoms with van der Waals surface area (Å²) in [5.41, 5.74) is 6.56. The van der Waals surface area contributed by atoms with Crippen LogP contribution in [0.1, 0.15) is 11.3 Å². The van der Waals surface area contributed by atoms with Crippen molar-refractivity contribution in [3.63, 3.8) is 0 Å². The Balaban J connectivity index is 1.97. The third-order valence-electron chi connectivity index (χ3n) is 6.48. The molecule has 1 aromatic carbocycles. The molecule has 4 nitrogen and oxygen atoms in total. The van der Waals surface area contributed by atoms with Crippen molar-refractivity contribution in [3.05, 3.63) is 109 Å². The lowest BCUT2D eigenvalue weighted by molar-refractivity contribution is 0.609. The highest BCUT2D eigenvalue weighted by Crippen LogP contribution is 2.42. The summed E-state index contributed by atoms with van der Waals surface area (Å²) in [7, 11) is 4.52. The van der Waals surface area contributed by atoms with Gasteiger partial charge in [0, 0.05) is 43.9 Å². The highest BCUT2D eigenvalue weighted by atomic mass is 15.3. The van der Waals surface area contributed by atoms with Gasteiger partial charge in [-0.15, -0.1) is 5.47 Å². The summed E-state index contributed by atoms with van der Waals surface area (Å²) in [5, 5.41) is 0. The van der Waals surface area contributed by atoms with E-state index in [0.717, 1.165) is 22.4 Å². The molecule has 0 fully saturated rings. The van der Waals surface area contributed by atoms with Gasteiger partial charge in [-0.2, -0.15) is 0 Å². The molecular weight excluding hydrogens is 367 g/mol. The number of nitrogens with zero attached hydrogens (tertiary/aromatic N) is 4. The molecule has 0 atom stereocenters. The van der Waals surface area contributed by atoms with E-state index in [2.05, 4.69) is 74.8 Å². The van der Waals surface area contributed by atoms with Gasteiger partial charge in [-0.1, -0.05) is 48.5 Å². The Labute approximate surface area is 177 Å². The number of rotatable bonds is 3. The number of para-hydroxylation sites is 1. The van der Waals surface area contributed by atoms with Gasteiger partial charge in [-0.25, -0.2) is 0 Å². The zero-order chi connectivity index (χ0) is 20.6. The van der Waals surface area contributed by atoms with Crippen LogP contribution in [0.2, 0.25) is 0 Å². The summed E-state index contributed by atoms with van der Waals surface area (Å²) in [4.78, 5) is 14.6. The molecule has 146 valence electrons. The highest BCUT2D eigenvalue weighted by molar-refractivity contribution is 7.15. The van der Waals surface area contributed by atoms with Crippen molar-refractivity contribution in [2.45, 2.75) is 0 Å². The molecule has 0 N–H and O–H groups in total. The van der Waals surface area contributed by atoms with Gasteiger partial charge in [0.25, 0.3) is 0 Å². The molecule has 4 heterocycles. The maximum absolute atomic E-state index is 4.90. The van der Waals surface area contributed by atoms with Gasteiger partial charge < -0.3 is 4.39 Å². The Morgan fingerprint density at radius 3 is 1.77 bits per heavy atom. The van der Waals surface area contributed by atoms with Crippen LogP contribution in [0.15, 0.2) is 97.5 Å². The average molecular weight is 390 g/mol. The van der Waals surface area contributed by atoms with E-state index < -0.39 is 6.28 Å². The van der Waals surface area contributed by atoms with Crippen molar-refractivity contribution in [1.29, 1.82) is 0 Å². The molecule has 0 bridgehead atoms. The maximum Gasteiger partial charge on any atom is 0.331 e. The van der Waals surface area contributed by atoms with Gasteiger partial charge in [0.05, 0.1) is 5.69 Å². The lowest BCUT2D eigenvalue weighted by atomic mass is 9.22. The van der Waals surface area contributed by atoms with Crippen LogP contribution >= 0.6 is 0 Å². The quantitative estimate of drug-likeness (QED) is 0.504. The van der Waals surface area contributed by atoms with Crippen molar-refractivity contribution >= 4 is 34.7 Å². The van der Waals surface area contributed by atoms with E-state index in [-0.39, 0.29) is 0 Å². The minimum absolute atomic E-state index is 0.604. The molecule has 1 aliphatic rings. The van der Waals surface area contributed by atoms with E-state index in [4.69, 9.17) is 15.0 Å². The monoisotopic (exact) mass is 390 g/mol. The molecule has 0 radical (unpaired) electrons. The van der Waals surface area contributed by atoms with Gasteiger partial charge in [-0.05, 0) is 47.6 Å². The molecule has 0 spiro atoms. The molecule has 1 aliphatic heterocycles. The zero-order valence-electron chi connectivity index (χ0n) is 17.2. The van der Waals surface area contributed by atoms with Gasteiger partial charge in [0.2, 0.25) is 0 Å². The summed E-state index contributed by atoms with van der Waals surface area (Å²) >= 11 is 0. The Kier molecular flexibility index (Phi) is 4.33. The minimum Gasteiger partial charge on any atom is -0.472 e. The second-order valence-corrected chi connectivity index (χ2v) is 8.24. The first-order chi connectivity index (χ1) is 14.7. The average Bonchev–Trinajstić information content (AvgIpc) is 2.81. The van der Waals surface area contributed by atoms with Crippen LogP contribution in [0, 0.1) is 0 Å². The first-order valence-corrected chi connectivity index (χ1v) is 10.2. The maximum atomic E-state index is 4.90. The lowest BCUT2D eigenvalue weighted by Gasteiger charge is -2.58. The SMILES string of the molecule is C[N+]1(C)c2ccccc2C=C(c2ccccn2)[B-]1(c1ccccn1)c1ccccn1. The van der Waals surface area contributed by atoms with Gasteiger partial charge in [0.15, 0.2) is 0 Å². The third kappa shape index (κ3) is 2.56. The number of hydrogen-bond donors (Lipinski definition) is 0. The summed E-state index contributed by atoms with van der Waals surface area (Å²) in [5.74, 6) is 0. The Bertz CT molecular complexity index is 1170. The molecule has 0 unspecified atom stereocenters. The normalized spacial score (nSPS) is 16.4. The van der Waals surface area contributed by atoms with E-state index in [0.29, 0.717) is 4.39 Å². The van der Waals surface area contributed by atoms with Crippen molar-refractivity contribution in [1.82, 2.24) is 19.3 Å². The van der Waals surface area contributed by atoms with Crippen LogP contribution in [0.4, 0.5) is 5.69 Å². The number of fused-ring (bicyclic) bond motifs is 1. The molecule has 0 saturated carbocycles. The van der Waals surface area contributed by atoms with Gasteiger partial charge in [0.1, 0.15) is 0 Å². The van der Waals surface area contributed by atoms with Crippen molar-refractivity contribution in [2.75, 3.05) is 14.1 Å². The van der Waals surface area contributed by atoms with Gasteiger partial charge >= 0.3 is 6.28 Å². The fraction of sp³-hybridized carbons (Fsp3) is 0.0800. The van der Waals surface area contributed by atoms with Crippen LogP contribution in [0.25, 0.3) is 11.5 Å². The van der Waals surface area contributed by atoms with Gasteiger partial charge in [-0.3, -0.25) is 15.0 Å². The topological polar surface area (TPSA) is 38.7 Å². The predicted molar refractivity (Wildman–Crippen MR) is 126 cm³/mol. The summed E-state index contributed by atoms with van der Waals surface area (Å²) in [6, 6.07) is 27.0. The fourth-order valence-corrected chi connectivity index (χ4v) is 5.18. The molecule has 3 aromatic heterocycles. The molecule has 0 aliphatic carbocycles. The Morgan fingerprint density at radius 1 is 0.633 bits per heavy atom. The van der Waals surface area contributed by atoms with E-state index in [9.17, 15) is 0 Å². The standard InChI is InChI=1S/C25H23BN4/c1-30(2)23-13-4-3-11-20(23)19-21(22-12-5-8-16-27-22)26(30,24-14-6-9-17-28-24)25-15-7-10-18-29-25/h3-19H,1-2H3. The second-order valence-electron chi connectivity index (χ2n) is 8.24. The molecule has 4 aromatic rings. The predicted octanol–water partition coefficient (Wildman–Crippen LogP) is 3.29. The van der Waals surface area contributed by atoms with Crippen molar-refractivity contribution in [3.8, 4) is 0 Å². The van der Waals surface area contributed by atoms with E-state index in [1.54, 1.807) is 0 Å². The first-order valence-electron chi connectivity index (χ1n) is 10.2. The second kappa shape index (κ2) is 7.04. The molecule has 5 heteroatoms. The smallest absolute Gasteiger partial charge is 0.331 e. The minimum atomic E-state index is -1.61. The van der Waals surface area contributed by atoms with Crippen LogP contribution in [0.3, 0.4) is 0 Å². The van der Waals surface area contributed by atoms with Crippen molar-refractivity contribution in [2.24, 2.45) is 0 Å². The summed E-state index contributed by atoms with van der Waals surface area (Å²) in [6.07, 6.45) is 6.27. The summed E-state index contributed by atoms with van der Waals surface area (Å²) in [6.45, 7) is 0. The molecule has 0 saturated heterocycles. The molecule has 30 heavy (non-hydrogen) atoms. The number of hydrogen-bond acceptors (Lipinski definition) is 3. The number of quaternary nitrogens is 1. The zero-order valence-corrected chi connectivity index (χ0v) is 17.2. The van der Waals surface area contributed by atoms with E-state index in [1.807, 2.05) is 42.9 Å².